The maximum absolute atomic E-state index is 12.0. The molecule has 1 fully saturated rings. The van der Waals surface area contributed by atoms with E-state index >= 15 is 0 Å². The van der Waals surface area contributed by atoms with Gasteiger partial charge in [0.2, 0.25) is 15.9 Å². The van der Waals surface area contributed by atoms with Gasteiger partial charge < -0.3 is 5.32 Å². The van der Waals surface area contributed by atoms with Gasteiger partial charge in [0.1, 0.15) is 4.21 Å². The summed E-state index contributed by atoms with van der Waals surface area (Å²) in [7, 11) is -6.86. The molecule has 1 aromatic rings. The van der Waals surface area contributed by atoms with E-state index in [0.717, 1.165) is 11.3 Å². The number of primary sulfonamides is 1. The molecule has 3 N–H and O–H groups in total. The van der Waals surface area contributed by atoms with Crippen molar-refractivity contribution in [2.75, 3.05) is 11.5 Å². The van der Waals surface area contributed by atoms with Crippen molar-refractivity contribution in [3.8, 4) is 0 Å². The van der Waals surface area contributed by atoms with Crippen molar-refractivity contribution in [1.29, 1.82) is 0 Å². The third-order valence-electron chi connectivity index (χ3n) is 3.27. The lowest BCUT2D eigenvalue weighted by molar-refractivity contribution is -0.124. The number of thiophene rings is 1. The smallest absolute Gasteiger partial charge is 0.247 e. The molecular formula is C11H16N2O5S3. The largest absolute Gasteiger partial charge is 0.348 e. The van der Waals surface area contributed by atoms with E-state index in [9.17, 15) is 21.6 Å². The fourth-order valence-corrected chi connectivity index (χ4v) is 5.62. The Morgan fingerprint density at radius 1 is 1.48 bits per heavy atom. The predicted octanol–water partition coefficient (Wildman–Crippen LogP) is 0.00740. The summed E-state index contributed by atoms with van der Waals surface area (Å²) in [6.07, 6.45) is 0.327. The Morgan fingerprint density at radius 3 is 2.62 bits per heavy atom. The molecule has 2 heterocycles. The first-order valence-electron chi connectivity index (χ1n) is 6.22. The summed E-state index contributed by atoms with van der Waals surface area (Å²) in [5.41, 5.74) is 0. The monoisotopic (exact) mass is 352 g/mol. The lowest BCUT2D eigenvalue weighted by Crippen LogP contribution is -2.33. The highest BCUT2D eigenvalue weighted by molar-refractivity contribution is 7.91. The maximum atomic E-state index is 12.0. The van der Waals surface area contributed by atoms with E-state index in [1.165, 1.54) is 6.07 Å². The zero-order valence-corrected chi connectivity index (χ0v) is 13.7. The minimum absolute atomic E-state index is 0.0297. The first kappa shape index (κ1) is 16.4. The number of hydrogen-bond donors (Lipinski definition) is 2. The summed E-state index contributed by atoms with van der Waals surface area (Å²) in [5, 5.41) is 7.74. The van der Waals surface area contributed by atoms with E-state index in [1.54, 1.807) is 13.0 Å². The van der Waals surface area contributed by atoms with Crippen molar-refractivity contribution in [3.05, 3.63) is 17.0 Å². The highest BCUT2D eigenvalue weighted by atomic mass is 32.2. The molecule has 0 aliphatic carbocycles. The van der Waals surface area contributed by atoms with Crippen LogP contribution in [0.4, 0.5) is 0 Å². The van der Waals surface area contributed by atoms with Gasteiger partial charge >= 0.3 is 0 Å². The van der Waals surface area contributed by atoms with Gasteiger partial charge in [0.25, 0.3) is 0 Å². The molecule has 0 aromatic carbocycles. The lowest BCUT2D eigenvalue weighted by Gasteiger charge is -2.15. The van der Waals surface area contributed by atoms with Crippen molar-refractivity contribution in [1.82, 2.24) is 5.32 Å². The molecule has 1 saturated heterocycles. The van der Waals surface area contributed by atoms with Crippen LogP contribution >= 0.6 is 11.3 Å². The van der Waals surface area contributed by atoms with Crippen LogP contribution in [0.3, 0.4) is 0 Å². The highest BCUT2D eigenvalue weighted by Gasteiger charge is 2.33. The van der Waals surface area contributed by atoms with Crippen molar-refractivity contribution in [3.63, 3.8) is 0 Å². The van der Waals surface area contributed by atoms with Gasteiger partial charge in [-0.2, -0.15) is 0 Å². The Kier molecular flexibility index (Phi) is 4.43. The summed E-state index contributed by atoms with van der Waals surface area (Å²) < 4.78 is 45.2. The van der Waals surface area contributed by atoms with E-state index in [2.05, 4.69) is 5.32 Å². The predicted molar refractivity (Wildman–Crippen MR) is 79.0 cm³/mol. The number of hydrogen-bond acceptors (Lipinski definition) is 6. The Labute approximate surface area is 127 Å². The number of amides is 1. The van der Waals surface area contributed by atoms with E-state index in [1.807, 2.05) is 0 Å². The van der Waals surface area contributed by atoms with Crippen molar-refractivity contribution in [2.24, 2.45) is 11.1 Å². The van der Waals surface area contributed by atoms with Crippen molar-refractivity contribution in [2.45, 2.75) is 23.6 Å². The molecule has 2 unspecified atom stereocenters. The van der Waals surface area contributed by atoms with Crippen LogP contribution in [0.15, 0.2) is 16.3 Å². The van der Waals surface area contributed by atoms with E-state index < -0.39 is 31.8 Å². The number of nitrogens with two attached hydrogens (primary N) is 1. The number of carbonyl (C=O) groups is 1. The molecule has 0 spiro atoms. The van der Waals surface area contributed by atoms with Crippen LogP contribution in [0, 0.1) is 5.92 Å². The summed E-state index contributed by atoms with van der Waals surface area (Å²) >= 11 is 0.986. The normalized spacial score (nSPS) is 22.9. The fourth-order valence-electron chi connectivity index (χ4n) is 2.12. The molecular weight excluding hydrogens is 336 g/mol. The first-order chi connectivity index (χ1) is 9.58. The molecule has 1 aliphatic heterocycles. The van der Waals surface area contributed by atoms with Crippen LogP contribution in [0.25, 0.3) is 0 Å². The van der Waals surface area contributed by atoms with Crippen LogP contribution in [-0.2, 0) is 24.7 Å². The summed E-state index contributed by atoms with van der Waals surface area (Å²) in [6, 6.07) is 2.57. The topological polar surface area (TPSA) is 123 Å². The molecule has 1 amide bonds. The van der Waals surface area contributed by atoms with E-state index in [-0.39, 0.29) is 21.6 Å². The van der Waals surface area contributed by atoms with Crippen LogP contribution in [0.1, 0.15) is 24.3 Å². The number of rotatable bonds is 4. The molecule has 10 heteroatoms. The number of carbonyl (C=O) groups excluding carboxylic acids is 1. The molecule has 0 radical (unpaired) electrons. The first-order valence-corrected chi connectivity index (χ1v) is 10.4. The van der Waals surface area contributed by atoms with Crippen LogP contribution < -0.4 is 10.5 Å². The van der Waals surface area contributed by atoms with Gasteiger partial charge in [0, 0.05) is 4.88 Å². The minimum Gasteiger partial charge on any atom is -0.348 e. The standard InChI is InChI=1S/C11H16N2O5S3/c1-7(9-2-3-10(19-9)21(12,17)18)13-11(14)8-4-5-20(15,16)6-8/h2-3,7-8H,4-6H2,1H3,(H,13,14)(H2,12,17,18). The minimum atomic E-state index is -3.75. The van der Waals surface area contributed by atoms with Gasteiger partial charge in [0.05, 0.1) is 23.5 Å². The Balaban J connectivity index is 2.03. The number of nitrogens with one attached hydrogen (secondary N) is 1. The zero-order chi connectivity index (χ0) is 15.8. The van der Waals surface area contributed by atoms with Gasteiger partial charge in [-0.3, -0.25) is 4.79 Å². The third kappa shape index (κ3) is 4.02. The lowest BCUT2D eigenvalue weighted by atomic mass is 10.1. The Morgan fingerprint density at radius 2 is 2.14 bits per heavy atom. The van der Waals surface area contributed by atoms with Crippen molar-refractivity contribution >= 4 is 37.1 Å². The average molecular weight is 352 g/mol. The molecule has 1 aliphatic rings. The number of sulfonamides is 1. The quantitative estimate of drug-likeness (QED) is 0.790. The van der Waals surface area contributed by atoms with Crippen LogP contribution in [-0.4, -0.2) is 34.2 Å². The third-order valence-corrected chi connectivity index (χ3v) is 7.75. The highest BCUT2D eigenvalue weighted by Crippen LogP contribution is 2.26. The van der Waals surface area contributed by atoms with E-state index in [0.29, 0.717) is 11.3 Å². The van der Waals surface area contributed by atoms with Gasteiger partial charge in [-0.05, 0) is 25.5 Å². The molecule has 0 saturated carbocycles. The van der Waals surface area contributed by atoms with Gasteiger partial charge in [-0.1, -0.05) is 0 Å². The molecule has 2 rings (SSSR count). The maximum Gasteiger partial charge on any atom is 0.247 e. The van der Waals surface area contributed by atoms with Crippen LogP contribution in [0.2, 0.25) is 0 Å². The van der Waals surface area contributed by atoms with E-state index in [4.69, 9.17) is 5.14 Å². The molecule has 118 valence electrons. The van der Waals surface area contributed by atoms with Crippen LogP contribution in [0.5, 0.6) is 0 Å². The second kappa shape index (κ2) is 5.67. The van der Waals surface area contributed by atoms with Crippen molar-refractivity contribution < 1.29 is 21.6 Å². The number of sulfone groups is 1. The molecule has 2 atom stereocenters. The zero-order valence-electron chi connectivity index (χ0n) is 11.3. The molecule has 1 aromatic heterocycles. The molecule has 21 heavy (non-hydrogen) atoms. The Bertz CT molecular complexity index is 751. The second-order valence-corrected chi connectivity index (χ2v) is 10.2. The summed E-state index contributed by atoms with van der Waals surface area (Å²) in [5.74, 6) is -0.948. The fraction of sp³-hybridized carbons (Fsp3) is 0.545. The van der Waals surface area contributed by atoms with Gasteiger partial charge in [-0.15, -0.1) is 11.3 Å². The Hall–Kier alpha value is -0.970. The van der Waals surface area contributed by atoms with Gasteiger partial charge in [0.15, 0.2) is 9.84 Å². The second-order valence-electron chi connectivity index (χ2n) is 5.03. The van der Waals surface area contributed by atoms with Gasteiger partial charge in [-0.25, -0.2) is 22.0 Å². The summed E-state index contributed by atoms with van der Waals surface area (Å²) in [4.78, 5) is 12.7. The molecule has 7 nitrogen and oxygen atoms in total. The SMILES string of the molecule is CC(NC(=O)C1CCS(=O)(=O)C1)c1ccc(S(N)(=O)=O)s1. The molecule has 0 bridgehead atoms. The average Bonchev–Trinajstić information content (AvgIpc) is 2.94. The summed E-state index contributed by atoms with van der Waals surface area (Å²) in [6.45, 7) is 1.71.